The highest BCUT2D eigenvalue weighted by molar-refractivity contribution is 6.02. The highest BCUT2D eigenvalue weighted by Gasteiger charge is 2.56. The van der Waals surface area contributed by atoms with Gasteiger partial charge in [0.05, 0.1) is 0 Å². The van der Waals surface area contributed by atoms with Gasteiger partial charge >= 0.3 is 0 Å². The van der Waals surface area contributed by atoms with Crippen molar-refractivity contribution in [1.82, 2.24) is 4.90 Å². The number of fused-ring (bicyclic) bond motifs is 6. The fraction of sp³-hybridized carbons (Fsp3) is 0.107. The molecular weight excluding hydrogens is 414 g/mol. The average Bonchev–Trinajstić information content (AvgIpc) is 3.07. The van der Waals surface area contributed by atoms with Crippen LogP contribution >= 0.6 is 0 Å². The van der Waals surface area contributed by atoms with Crippen LogP contribution in [0.4, 0.5) is 0 Å². The third kappa shape index (κ3) is 2.75. The molecule has 0 radical (unpaired) electrons. The van der Waals surface area contributed by atoms with Crippen LogP contribution in [0.25, 0.3) is 0 Å². The number of ether oxygens (including phenoxy) is 1. The average molecular weight is 435 g/mol. The monoisotopic (exact) mass is 435 g/mol. The lowest BCUT2D eigenvalue weighted by Crippen LogP contribution is -2.48. The quantitative estimate of drug-likeness (QED) is 0.464. The van der Waals surface area contributed by atoms with Gasteiger partial charge in [-0.3, -0.25) is 4.79 Å². The zero-order valence-corrected chi connectivity index (χ0v) is 17.7. The molecule has 0 atom stereocenters. The number of benzene rings is 4. The molecule has 2 aliphatic heterocycles. The Bertz CT molecular complexity index is 1340. The molecule has 0 saturated carbocycles. The summed E-state index contributed by atoms with van der Waals surface area (Å²) in [7, 11) is 0. The van der Waals surface area contributed by atoms with E-state index < -0.39 is 5.54 Å². The van der Waals surface area contributed by atoms with Crippen molar-refractivity contribution in [3.8, 4) is 23.0 Å². The number of phenolic OH excluding ortho intramolecular Hbond substituents is 2. The molecule has 6 rings (SSSR count). The van der Waals surface area contributed by atoms with Crippen molar-refractivity contribution in [3.05, 3.63) is 119 Å². The van der Waals surface area contributed by atoms with Crippen LogP contribution in [0.1, 0.15) is 32.6 Å². The van der Waals surface area contributed by atoms with Crippen molar-refractivity contribution >= 4 is 5.91 Å². The van der Waals surface area contributed by atoms with Crippen molar-refractivity contribution in [2.45, 2.75) is 12.0 Å². The number of aromatic hydroxyl groups is 2. The predicted molar refractivity (Wildman–Crippen MR) is 124 cm³/mol. The van der Waals surface area contributed by atoms with Gasteiger partial charge in [-0.25, -0.2) is 0 Å². The molecule has 2 N–H and O–H groups in total. The molecule has 2 aliphatic rings. The Hall–Kier alpha value is -4.25. The third-order valence-corrected chi connectivity index (χ3v) is 6.59. The summed E-state index contributed by atoms with van der Waals surface area (Å²) >= 11 is 0. The zero-order chi connectivity index (χ0) is 22.6. The molecule has 0 fully saturated rings. The van der Waals surface area contributed by atoms with Crippen LogP contribution < -0.4 is 4.74 Å². The van der Waals surface area contributed by atoms with Gasteiger partial charge < -0.3 is 19.8 Å². The number of nitrogens with zero attached hydrogens (tertiary/aromatic N) is 1. The summed E-state index contributed by atoms with van der Waals surface area (Å²) in [6, 6.07) is 27.7. The van der Waals surface area contributed by atoms with E-state index in [-0.39, 0.29) is 17.4 Å². The second kappa shape index (κ2) is 7.14. The molecule has 162 valence electrons. The Labute approximate surface area is 191 Å². The molecule has 0 saturated heterocycles. The summed E-state index contributed by atoms with van der Waals surface area (Å²) in [4.78, 5) is 15.7. The van der Waals surface area contributed by atoms with Crippen molar-refractivity contribution in [1.29, 1.82) is 0 Å². The summed E-state index contributed by atoms with van der Waals surface area (Å²) in [5, 5.41) is 20.4. The Morgan fingerprint density at radius 3 is 2.00 bits per heavy atom. The highest BCUT2D eigenvalue weighted by atomic mass is 16.5. The molecule has 1 amide bonds. The van der Waals surface area contributed by atoms with Crippen LogP contribution in [0.15, 0.2) is 91.0 Å². The summed E-state index contributed by atoms with van der Waals surface area (Å²) in [5.74, 6) is 1.01. The first-order chi connectivity index (χ1) is 16.1. The third-order valence-electron chi connectivity index (χ3n) is 6.59. The van der Waals surface area contributed by atoms with E-state index in [1.165, 1.54) is 0 Å². The standard InChI is InChI=1S/C28H21NO4/c30-19-10-12-23-25(16-19)33-26-17-20(31)11-13-24(26)28(23)22-9-5-4-8-21(22)27(32)29(28)15-14-18-6-2-1-3-7-18/h1-13,16-17,30-31H,14-15H2. The minimum absolute atomic E-state index is 0.0542. The molecule has 1 spiro atoms. The second-order valence-electron chi connectivity index (χ2n) is 8.41. The van der Waals surface area contributed by atoms with Crippen LogP contribution in [0.2, 0.25) is 0 Å². The molecule has 33 heavy (non-hydrogen) atoms. The van der Waals surface area contributed by atoms with Crippen molar-refractivity contribution in [2.75, 3.05) is 6.54 Å². The summed E-state index contributed by atoms with van der Waals surface area (Å²) in [6.07, 6.45) is 0.685. The van der Waals surface area contributed by atoms with Crippen LogP contribution in [-0.4, -0.2) is 27.6 Å². The Kier molecular flexibility index (Phi) is 4.20. The van der Waals surface area contributed by atoms with E-state index in [1.54, 1.807) is 24.3 Å². The fourth-order valence-electron chi connectivity index (χ4n) is 5.22. The van der Waals surface area contributed by atoms with Crippen molar-refractivity contribution < 1.29 is 19.7 Å². The summed E-state index contributed by atoms with van der Waals surface area (Å²) in [6.45, 7) is 0.484. The lowest BCUT2D eigenvalue weighted by molar-refractivity contribution is 0.0668. The second-order valence-corrected chi connectivity index (χ2v) is 8.41. The van der Waals surface area contributed by atoms with Gasteiger partial charge in [-0.15, -0.1) is 0 Å². The molecule has 5 heteroatoms. The van der Waals surface area contributed by atoms with Gasteiger partial charge in [0, 0.05) is 35.4 Å². The molecule has 0 aliphatic carbocycles. The van der Waals surface area contributed by atoms with Crippen LogP contribution in [0.5, 0.6) is 23.0 Å². The SMILES string of the molecule is O=C1c2ccccc2C2(c3ccc(O)cc3Oc3cc(O)ccc32)N1CCc1ccccc1. The molecule has 5 nitrogen and oxygen atoms in total. The summed E-state index contributed by atoms with van der Waals surface area (Å²) in [5.41, 5.74) is 3.28. The first kappa shape index (κ1) is 19.4. The molecule has 4 aromatic carbocycles. The van der Waals surface area contributed by atoms with Crippen LogP contribution in [0, 0.1) is 0 Å². The molecule has 0 unspecified atom stereocenters. The number of carbonyl (C=O) groups excluding carboxylic acids is 1. The molecule has 0 bridgehead atoms. The molecule has 4 aromatic rings. The first-order valence-corrected chi connectivity index (χ1v) is 10.9. The van der Waals surface area contributed by atoms with Crippen LogP contribution in [-0.2, 0) is 12.0 Å². The number of hydrogen-bond acceptors (Lipinski definition) is 4. The van der Waals surface area contributed by atoms with E-state index in [1.807, 2.05) is 59.5 Å². The van der Waals surface area contributed by atoms with Crippen molar-refractivity contribution in [2.24, 2.45) is 0 Å². The zero-order valence-electron chi connectivity index (χ0n) is 17.7. The Morgan fingerprint density at radius 1 is 0.727 bits per heavy atom. The number of rotatable bonds is 3. The number of hydrogen-bond donors (Lipinski definition) is 2. The number of amides is 1. The topological polar surface area (TPSA) is 70.0 Å². The molecule has 0 aromatic heterocycles. The van der Waals surface area contributed by atoms with Gasteiger partial charge in [0.2, 0.25) is 0 Å². The maximum Gasteiger partial charge on any atom is 0.255 e. The highest BCUT2D eigenvalue weighted by Crippen LogP contribution is 2.58. The normalized spacial score (nSPS) is 15.0. The van der Waals surface area contributed by atoms with E-state index >= 15 is 0 Å². The summed E-state index contributed by atoms with van der Waals surface area (Å²) < 4.78 is 6.13. The maximum atomic E-state index is 13.8. The number of carbonyl (C=O) groups is 1. The lowest BCUT2D eigenvalue weighted by Gasteiger charge is -2.44. The van der Waals surface area contributed by atoms with E-state index in [9.17, 15) is 15.0 Å². The van der Waals surface area contributed by atoms with E-state index in [0.29, 0.717) is 30.0 Å². The largest absolute Gasteiger partial charge is 0.508 e. The molecule has 2 heterocycles. The van der Waals surface area contributed by atoms with Crippen LogP contribution in [0.3, 0.4) is 0 Å². The minimum atomic E-state index is -0.938. The van der Waals surface area contributed by atoms with Gasteiger partial charge in [0.25, 0.3) is 5.91 Å². The van der Waals surface area contributed by atoms with Gasteiger partial charge in [-0.1, -0.05) is 48.5 Å². The van der Waals surface area contributed by atoms with Gasteiger partial charge in [0.1, 0.15) is 28.5 Å². The Balaban J connectivity index is 1.63. The lowest BCUT2D eigenvalue weighted by atomic mass is 9.74. The smallest absolute Gasteiger partial charge is 0.255 e. The number of phenols is 2. The van der Waals surface area contributed by atoms with E-state index in [0.717, 1.165) is 22.3 Å². The fourth-order valence-corrected chi connectivity index (χ4v) is 5.22. The first-order valence-electron chi connectivity index (χ1n) is 10.9. The van der Waals surface area contributed by atoms with Crippen molar-refractivity contribution in [3.63, 3.8) is 0 Å². The maximum absolute atomic E-state index is 13.8. The van der Waals surface area contributed by atoms with Gasteiger partial charge in [0.15, 0.2) is 0 Å². The van der Waals surface area contributed by atoms with Gasteiger partial charge in [-0.2, -0.15) is 0 Å². The van der Waals surface area contributed by atoms with E-state index in [4.69, 9.17) is 4.74 Å². The molecular formula is C28H21NO4. The van der Waals surface area contributed by atoms with E-state index in [2.05, 4.69) is 12.1 Å². The minimum Gasteiger partial charge on any atom is -0.508 e. The van der Waals surface area contributed by atoms with Gasteiger partial charge in [-0.05, 0) is 47.9 Å². The Morgan fingerprint density at radius 2 is 1.33 bits per heavy atom. The predicted octanol–water partition coefficient (Wildman–Crippen LogP) is 5.19.